The smallest absolute Gasteiger partial charge is 0.225 e. The molecule has 21 heavy (non-hydrogen) atoms. The SMILES string of the molecule is CN(CCOc1ccccc1F)C(=O)C1CCCC(N)C1. The molecule has 0 saturated heterocycles. The number of hydrogen-bond donors (Lipinski definition) is 1. The summed E-state index contributed by atoms with van der Waals surface area (Å²) in [5.41, 5.74) is 5.92. The Morgan fingerprint density at radius 1 is 1.43 bits per heavy atom. The van der Waals surface area contributed by atoms with E-state index in [1.165, 1.54) is 6.07 Å². The lowest BCUT2D eigenvalue weighted by Crippen LogP contribution is -2.40. The number of carbonyl (C=O) groups excluding carboxylic acids is 1. The summed E-state index contributed by atoms with van der Waals surface area (Å²) >= 11 is 0. The Labute approximate surface area is 125 Å². The van der Waals surface area contributed by atoms with Gasteiger partial charge in [-0.25, -0.2) is 4.39 Å². The van der Waals surface area contributed by atoms with Gasteiger partial charge in [0.1, 0.15) is 6.61 Å². The number of hydrogen-bond acceptors (Lipinski definition) is 3. The molecule has 0 aromatic heterocycles. The van der Waals surface area contributed by atoms with Gasteiger partial charge in [-0.15, -0.1) is 0 Å². The van der Waals surface area contributed by atoms with Crippen molar-refractivity contribution in [2.45, 2.75) is 31.7 Å². The second-order valence-corrected chi connectivity index (χ2v) is 5.66. The van der Waals surface area contributed by atoms with Gasteiger partial charge in [0, 0.05) is 19.0 Å². The first-order valence-corrected chi connectivity index (χ1v) is 7.46. The lowest BCUT2D eigenvalue weighted by molar-refractivity contribution is -0.135. The molecule has 1 aliphatic carbocycles. The Balaban J connectivity index is 1.77. The highest BCUT2D eigenvalue weighted by Crippen LogP contribution is 2.24. The second-order valence-electron chi connectivity index (χ2n) is 5.66. The molecule has 0 bridgehead atoms. The van der Waals surface area contributed by atoms with E-state index < -0.39 is 0 Å². The molecule has 116 valence electrons. The van der Waals surface area contributed by atoms with E-state index in [-0.39, 0.29) is 36.0 Å². The van der Waals surface area contributed by atoms with Crippen molar-refractivity contribution in [3.8, 4) is 5.75 Å². The van der Waals surface area contributed by atoms with Gasteiger partial charge in [-0.3, -0.25) is 4.79 Å². The molecular formula is C16H23FN2O2. The number of likely N-dealkylation sites (N-methyl/N-ethyl adjacent to an activating group) is 1. The predicted octanol–water partition coefficient (Wildman–Crippen LogP) is 2.18. The molecule has 1 amide bonds. The van der Waals surface area contributed by atoms with Crippen molar-refractivity contribution < 1.29 is 13.9 Å². The summed E-state index contributed by atoms with van der Waals surface area (Å²) in [4.78, 5) is 13.9. The van der Waals surface area contributed by atoms with Crippen LogP contribution in [-0.2, 0) is 4.79 Å². The molecule has 2 rings (SSSR count). The first-order chi connectivity index (χ1) is 10.1. The van der Waals surface area contributed by atoms with E-state index in [9.17, 15) is 9.18 Å². The van der Waals surface area contributed by atoms with E-state index >= 15 is 0 Å². The highest BCUT2D eigenvalue weighted by Gasteiger charge is 2.27. The zero-order valence-corrected chi connectivity index (χ0v) is 12.4. The molecule has 0 radical (unpaired) electrons. The largest absolute Gasteiger partial charge is 0.489 e. The van der Waals surface area contributed by atoms with Gasteiger partial charge in [0.15, 0.2) is 11.6 Å². The number of nitrogens with two attached hydrogens (primary N) is 1. The molecule has 2 unspecified atom stereocenters. The highest BCUT2D eigenvalue weighted by atomic mass is 19.1. The summed E-state index contributed by atoms with van der Waals surface area (Å²) in [5.74, 6) is -0.0303. The minimum Gasteiger partial charge on any atom is -0.489 e. The van der Waals surface area contributed by atoms with Crippen LogP contribution in [0.15, 0.2) is 24.3 Å². The van der Waals surface area contributed by atoms with Gasteiger partial charge in [-0.1, -0.05) is 18.6 Å². The van der Waals surface area contributed by atoms with Crippen LogP contribution in [0.4, 0.5) is 4.39 Å². The van der Waals surface area contributed by atoms with Crippen LogP contribution in [0, 0.1) is 11.7 Å². The van der Waals surface area contributed by atoms with Crippen molar-refractivity contribution in [3.63, 3.8) is 0 Å². The monoisotopic (exact) mass is 294 g/mol. The molecule has 1 saturated carbocycles. The number of benzene rings is 1. The summed E-state index contributed by atoms with van der Waals surface area (Å²) < 4.78 is 18.8. The number of ether oxygens (including phenoxy) is 1. The van der Waals surface area contributed by atoms with Crippen LogP contribution < -0.4 is 10.5 Å². The molecule has 2 atom stereocenters. The average molecular weight is 294 g/mol. The minimum atomic E-state index is -0.385. The minimum absolute atomic E-state index is 0.0206. The fourth-order valence-electron chi connectivity index (χ4n) is 2.73. The van der Waals surface area contributed by atoms with Crippen molar-refractivity contribution >= 4 is 5.91 Å². The van der Waals surface area contributed by atoms with Crippen LogP contribution in [0.1, 0.15) is 25.7 Å². The Morgan fingerprint density at radius 3 is 2.90 bits per heavy atom. The third kappa shape index (κ3) is 4.43. The molecule has 5 heteroatoms. The lowest BCUT2D eigenvalue weighted by atomic mass is 9.85. The molecule has 4 nitrogen and oxygen atoms in total. The number of nitrogens with zero attached hydrogens (tertiary/aromatic N) is 1. The van der Waals surface area contributed by atoms with Crippen molar-refractivity contribution in [2.24, 2.45) is 11.7 Å². The van der Waals surface area contributed by atoms with Crippen LogP contribution >= 0.6 is 0 Å². The third-order valence-electron chi connectivity index (χ3n) is 3.96. The summed E-state index contributed by atoms with van der Waals surface area (Å²) in [5, 5.41) is 0. The van der Waals surface area contributed by atoms with E-state index in [4.69, 9.17) is 10.5 Å². The third-order valence-corrected chi connectivity index (χ3v) is 3.96. The second kappa shape index (κ2) is 7.41. The van der Waals surface area contributed by atoms with Crippen molar-refractivity contribution in [3.05, 3.63) is 30.1 Å². The molecule has 0 spiro atoms. The van der Waals surface area contributed by atoms with Crippen molar-refractivity contribution in [1.29, 1.82) is 0 Å². The Hall–Kier alpha value is -1.62. The van der Waals surface area contributed by atoms with Crippen LogP contribution in [0.25, 0.3) is 0 Å². The first kappa shape index (κ1) is 15.8. The summed E-state index contributed by atoms with van der Waals surface area (Å²) in [6.07, 6.45) is 3.68. The molecule has 0 heterocycles. The molecule has 2 N–H and O–H groups in total. The summed E-state index contributed by atoms with van der Waals surface area (Å²) in [6, 6.07) is 6.40. The number of amides is 1. The van der Waals surface area contributed by atoms with E-state index in [0.29, 0.717) is 6.54 Å². The fraction of sp³-hybridized carbons (Fsp3) is 0.562. The topological polar surface area (TPSA) is 55.6 Å². The average Bonchev–Trinajstić information content (AvgIpc) is 2.48. The van der Waals surface area contributed by atoms with Crippen LogP contribution in [0.3, 0.4) is 0 Å². The number of para-hydroxylation sites is 1. The van der Waals surface area contributed by atoms with Gasteiger partial charge in [0.05, 0.1) is 6.54 Å². The zero-order valence-electron chi connectivity index (χ0n) is 12.4. The van der Waals surface area contributed by atoms with Crippen LogP contribution in [-0.4, -0.2) is 37.0 Å². The van der Waals surface area contributed by atoms with E-state index in [0.717, 1.165) is 25.7 Å². The van der Waals surface area contributed by atoms with E-state index in [2.05, 4.69) is 0 Å². The standard InChI is InChI=1S/C16H23FN2O2/c1-19(16(20)12-5-4-6-13(18)11-12)9-10-21-15-8-3-2-7-14(15)17/h2-3,7-8,12-13H,4-6,9-11,18H2,1H3. The maximum Gasteiger partial charge on any atom is 0.225 e. The molecule has 1 aromatic carbocycles. The number of rotatable bonds is 5. The summed E-state index contributed by atoms with van der Waals surface area (Å²) in [7, 11) is 1.76. The van der Waals surface area contributed by atoms with Crippen LogP contribution in [0.2, 0.25) is 0 Å². The predicted molar refractivity (Wildman–Crippen MR) is 79.5 cm³/mol. The maximum atomic E-state index is 13.4. The molecule has 1 aliphatic rings. The van der Waals surface area contributed by atoms with Gasteiger partial charge in [-0.05, 0) is 31.4 Å². The van der Waals surface area contributed by atoms with Crippen LogP contribution in [0.5, 0.6) is 5.75 Å². The zero-order chi connectivity index (χ0) is 15.2. The quantitative estimate of drug-likeness (QED) is 0.905. The molecule has 0 aliphatic heterocycles. The first-order valence-electron chi connectivity index (χ1n) is 7.46. The Bertz CT molecular complexity index is 481. The number of halogens is 1. The van der Waals surface area contributed by atoms with Gasteiger partial charge < -0.3 is 15.4 Å². The van der Waals surface area contributed by atoms with Gasteiger partial charge in [0.25, 0.3) is 0 Å². The van der Waals surface area contributed by atoms with Crippen molar-refractivity contribution in [1.82, 2.24) is 4.90 Å². The lowest BCUT2D eigenvalue weighted by Gasteiger charge is -2.29. The fourth-order valence-corrected chi connectivity index (χ4v) is 2.73. The van der Waals surface area contributed by atoms with Gasteiger partial charge in [-0.2, -0.15) is 0 Å². The normalized spacial score (nSPS) is 21.9. The van der Waals surface area contributed by atoms with E-state index in [1.807, 2.05) is 0 Å². The molecular weight excluding hydrogens is 271 g/mol. The van der Waals surface area contributed by atoms with Crippen molar-refractivity contribution in [2.75, 3.05) is 20.2 Å². The Kier molecular flexibility index (Phi) is 5.56. The highest BCUT2D eigenvalue weighted by molar-refractivity contribution is 5.78. The Morgan fingerprint density at radius 2 is 2.19 bits per heavy atom. The van der Waals surface area contributed by atoms with E-state index in [1.54, 1.807) is 30.1 Å². The number of carbonyl (C=O) groups is 1. The summed E-state index contributed by atoms with van der Waals surface area (Å²) in [6.45, 7) is 0.723. The molecule has 1 fully saturated rings. The maximum absolute atomic E-state index is 13.4. The van der Waals surface area contributed by atoms with Gasteiger partial charge in [0.2, 0.25) is 5.91 Å². The van der Waals surface area contributed by atoms with Gasteiger partial charge >= 0.3 is 0 Å². The molecule has 1 aromatic rings.